The van der Waals surface area contributed by atoms with E-state index in [1.807, 2.05) is 19.9 Å². The molecule has 0 saturated heterocycles. The van der Waals surface area contributed by atoms with Crippen molar-refractivity contribution in [1.29, 1.82) is 0 Å². The number of carbonyl (C=O) groups is 1. The van der Waals surface area contributed by atoms with Crippen LogP contribution in [0.4, 0.5) is 0 Å². The number of Topliss-reactive ketones (excluding diaryl/α,β-unsaturated/α-hetero) is 1. The van der Waals surface area contributed by atoms with E-state index < -0.39 is 9.84 Å². The van der Waals surface area contributed by atoms with Gasteiger partial charge in [-0.05, 0) is 56.5 Å². The smallest absolute Gasteiger partial charge is 0.202 e. The number of nitrogens with zero attached hydrogens (tertiary/aromatic N) is 1. The fourth-order valence-corrected chi connectivity index (χ4v) is 3.45. The van der Waals surface area contributed by atoms with Crippen LogP contribution in [0.1, 0.15) is 42.0 Å². The first kappa shape index (κ1) is 20.2. The highest BCUT2D eigenvalue weighted by Crippen LogP contribution is 2.19. The number of aryl methyl sites for hydroxylation is 1. The number of rotatable bonds is 8. The van der Waals surface area contributed by atoms with Crippen molar-refractivity contribution in [2.24, 2.45) is 5.92 Å². The van der Waals surface area contributed by atoms with Crippen LogP contribution in [0, 0.1) is 19.8 Å². The first-order valence-corrected chi connectivity index (χ1v) is 10.6. The average Bonchev–Trinajstić information content (AvgIpc) is 2.84. The topological polar surface area (TPSA) is 65.4 Å². The van der Waals surface area contributed by atoms with E-state index in [1.165, 1.54) is 12.1 Å². The lowest BCUT2D eigenvalue weighted by Gasteiger charge is -2.11. The number of sulfone groups is 1. The van der Waals surface area contributed by atoms with E-state index in [0.717, 1.165) is 30.6 Å². The molecule has 26 heavy (non-hydrogen) atoms. The van der Waals surface area contributed by atoms with Gasteiger partial charge in [-0.1, -0.05) is 13.8 Å². The molecule has 0 atom stereocenters. The van der Waals surface area contributed by atoms with Gasteiger partial charge in [0.1, 0.15) is 5.75 Å². The van der Waals surface area contributed by atoms with E-state index in [1.54, 1.807) is 12.1 Å². The fourth-order valence-electron chi connectivity index (χ4n) is 2.82. The minimum Gasteiger partial charge on any atom is -0.485 e. The number of aromatic nitrogens is 1. The normalized spacial score (nSPS) is 11.8. The number of hydrogen-bond acceptors (Lipinski definition) is 4. The van der Waals surface area contributed by atoms with Crippen molar-refractivity contribution in [3.05, 3.63) is 47.3 Å². The molecule has 2 aromatic rings. The summed E-state index contributed by atoms with van der Waals surface area (Å²) in [7, 11) is -3.24. The second-order valence-electron chi connectivity index (χ2n) is 7.07. The lowest BCUT2D eigenvalue weighted by atomic mass is 10.1. The highest BCUT2D eigenvalue weighted by Gasteiger charge is 2.16. The molecular formula is C20H27NO4S. The van der Waals surface area contributed by atoms with Crippen LogP contribution in [0.3, 0.4) is 0 Å². The van der Waals surface area contributed by atoms with E-state index >= 15 is 0 Å². The molecule has 1 aromatic heterocycles. The molecule has 1 aromatic carbocycles. The van der Waals surface area contributed by atoms with Crippen molar-refractivity contribution >= 4 is 15.6 Å². The molecule has 0 spiro atoms. The lowest BCUT2D eigenvalue weighted by Crippen LogP contribution is -2.13. The molecule has 0 aliphatic carbocycles. The second-order valence-corrected chi connectivity index (χ2v) is 9.09. The summed E-state index contributed by atoms with van der Waals surface area (Å²) >= 11 is 0. The highest BCUT2D eigenvalue weighted by atomic mass is 32.2. The number of benzene rings is 1. The van der Waals surface area contributed by atoms with Gasteiger partial charge in [0.15, 0.2) is 16.4 Å². The monoisotopic (exact) mass is 377 g/mol. The third kappa shape index (κ3) is 4.97. The summed E-state index contributed by atoms with van der Waals surface area (Å²) in [6, 6.07) is 8.00. The Morgan fingerprint density at radius 1 is 1.15 bits per heavy atom. The number of ketones is 1. The fraction of sp³-hybridized carbons (Fsp3) is 0.450. The Bertz CT molecular complexity index is 877. The summed E-state index contributed by atoms with van der Waals surface area (Å²) in [5.41, 5.74) is 2.71. The molecular weight excluding hydrogens is 350 g/mol. The minimum absolute atomic E-state index is 0.0767. The van der Waals surface area contributed by atoms with Crippen molar-refractivity contribution in [2.75, 3.05) is 12.9 Å². The maximum atomic E-state index is 12.5. The van der Waals surface area contributed by atoms with Crippen LogP contribution in [0.25, 0.3) is 0 Å². The van der Waals surface area contributed by atoms with Gasteiger partial charge in [0, 0.05) is 29.8 Å². The molecule has 0 saturated carbocycles. The zero-order valence-electron chi connectivity index (χ0n) is 16.1. The first-order valence-electron chi connectivity index (χ1n) is 8.72. The van der Waals surface area contributed by atoms with Crippen LogP contribution in [0.15, 0.2) is 35.2 Å². The molecule has 0 radical (unpaired) electrons. The van der Waals surface area contributed by atoms with Crippen molar-refractivity contribution in [1.82, 2.24) is 4.57 Å². The van der Waals surface area contributed by atoms with Gasteiger partial charge in [-0.25, -0.2) is 8.42 Å². The van der Waals surface area contributed by atoms with Crippen LogP contribution in [-0.2, 0) is 16.4 Å². The van der Waals surface area contributed by atoms with Crippen molar-refractivity contribution < 1.29 is 17.9 Å². The number of ether oxygens (including phenoxy) is 1. The molecule has 6 heteroatoms. The van der Waals surface area contributed by atoms with Gasteiger partial charge in [0.25, 0.3) is 0 Å². The zero-order valence-corrected chi connectivity index (χ0v) is 16.9. The average molecular weight is 378 g/mol. The van der Waals surface area contributed by atoms with E-state index in [2.05, 4.69) is 18.4 Å². The molecule has 0 unspecified atom stereocenters. The molecule has 0 bridgehead atoms. The molecule has 2 rings (SSSR count). The van der Waals surface area contributed by atoms with E-state index in [0.29, 0.717) is 17.2 Å². The minimum atomic E-state index is -3.24. The molecule has 0 aliphatic heterocycles. The Balaban J connectivity index is 2.05. The predicted octanol–water partition coefficient (Wildman–Crippen LogP) is 3.82. The summed E-state index contributed by atoms with van der Waals surface area (Å²) in [6.07, 6.45) is 2.22. The van der Waals surface area contributed by atoms with Crippen LogP contribution in [0.5, 0.6) is 5.75 Å². The lowest BCUT2D eigenvalue weighted by molar-refractivity contribution is 0.0920. The van der Waals surface area contributed by atoms with Gasteiger partial charge >= 0.3 is 0 Å². The van der Waals surface area contributed by atoms with Crippen molar-refractivity contribution in [3.63, 3.8) is 0 Å². The van der Waals surface area contributed by atoms with Gasteiger partial charge in [0.2, 0.25) is 5.78 Å². The van der Waals surface area contributed by atoms with Gasteiger partial charge in [0.05, 0.1) is 4.90 Å². The largest absolute Gasteiger partial charge is 0.485 e. The summed E-state index contributed by atoms with van der Waals surface area (Å²) in [6.45, 7) is 9.16. The van der Waals surface area contributed by atoms with Gasteiger partial charge < -0.3 is 9.30 Å². The quantitative estimate of drug-likeness (QED) is 0.656. The molecule has 0 N–H and O–H groups in total. The molecule has 0 aliphatic rings. The summed E-state index contributed by atoms with van der Waals surface area (Å²) in [4.78, 5) is 12.8. The van der Waals surface area contributed by atoms with Gasteiger partial charge in [-0.2, -0.15) is 0 Å². The zero-order chi connectivity index (χ0) is 19.5. The Kier molecular flexibility index (Phi) is 6.29. The number of hydrogen-bond donors (Lipinski definition) is 0. The van der Waals surface area contributed by atoms with Crippen LogP contribution in [0.2, 0.25) is 0 Å². The second kappa shape index (κ2) is 8.08. The Morgan fingerprint density at radius 3 is 2.31 bits per heavy atom. The van der Waals surface area contributed by atoms with E-state index in [4.69, 9.17) is 4.74 Å². The van der Waals surface area contributed by atoms with Gasteiger partial charge in [-0.3, -0.25) is 4.79 Å². The third-order valence-corrected chi connectivity index (χ3v) is 5.55. The standard InChI is InChI=1S/C20H27NO4S/c1-14(2)10-11-21-15(3)12-19(16(21)4)20(22)13-25-17-6-8-18(9-7-17)26(5,23)24/h6-9,12,14H,10-11,13H2,1-5H3. The number of carbonyl (C=O) groups excluding carboxylic acids is 1. The van der Waals surface area contributed by atoms with Crippen molar-refractivity contribution in [3.8, 4) is 5.75 Å². The Hall–Kier alpha value is -2.08. The van der Waals surface area contributed by atoms with Crippen LogP contribution >= 0.6 is 0 Å². The molecule has 0 fully saturated rings. The Labute approximate surface area is 155 Å². The third-order valence-electron chi connectivity index (χ3n) is 4.43. The van der Waals surface area contributed by atoms with Gasteiger partial charge in [-0.15, -0.1) is 0 Å². The molecule has 0 amide bonds. The maximum Gasteiger partial charge on any atom is 0.202 e. The van der Waals surface area contributed by atoms with Crippen LogP contribution in [-0.4, -0.2) is 31.6 Å². The SMILES string of the molecule is Cc1cc(C(=O)COc2ccc(S(C)(=O)=O)cc2)c(C)n1CCC(C)C. The molecule has 142 valence electrons. The molecule has 1 heterocycles. The predicted molar refractivity (Wildman–Crippen MR) is 103 cm³/mol. The first-order chi connectivity index (χ1) is 12.1. The summed E-state index contributed by atoms with van der Waals surface area (Å²) in [5.74, 6) is 0.994. The molecule has 5 nitrogen and oxygen atoms in total. The maximum absolute atomic E-state index is 12.5. The van der Waals surface area contributed by atoms with Crippen molar-refractivity contribution in [2.45, 2.75) is 45.6 Å². The summed E-state index contributed by atoms with van der Waals surface area (Å²) < 4.78 is 30.6. The van der Waals surface area contributed by atoms with E-state index in [-0.39, 0.29) is 17.3 Å². The highest BCUT2D eigenvalue weighted by molar-refractivity contribution is 7.90. The van der Waals surface area contributed by atoms with E-state index in [9.17, 15) is 13.2 Å². The summed E-state index contributed by atoms with van der Waals surface area (Å²) in [5, 5.41) is 0. The van der Waals surface area contributed by atoms with Crippen LogP contribution < -0.4 is 4.74 Å². The Morgan fingerprint density at radius 2 is 1.77 bits per heavy atom.